The summed E-state index contributed by atoms with van der Waals surface area (Å²) in [6.45, 7) is 2.74. The number of carbonyl (C=O) groups excluding carboxylic acids is 1. The lowest BCUT2D eigenvalue weighted by Crippen LogP contribution is -2.51. The van der Waals surface area contributed by atoms with Gasteiger partial charge in [0.2, 0.25) is 0 Å². The first-order valence-corrected chi connectivity index (χ1v) is 7.02. The van der Waals surface area contributed by atoms with E-state index in [1.807, 2.05) is 0 Å². The van der Waals surface area contributed by atoms with Crippen molar-refractivity contribution in [3.8, 4) is 0 Å². The monoisotopic (exact) mass is 282 g/mol. The molecule has 7 heteroatoms. The van der Waals surface area contributed by atoms with Crippen molar-refractivity contribution < 1.29 is 14.1 Å². The van der Waals surface area contributed by atoms with E-state index < -0.39 is 5.54 Å². The third-order valence-corrected chi connectivity index (χ3v) is 3.59. The Morgan fingerprint density at radius 3 is 2.75 bits per heavy atom. The highest BCUT2D eigenvalue weighted by molar-refractivity contribution is 5.74. The van der Waals surface area contributed by atoms with E-state index >= 15 is 0 Å². The topological polar surface area (TPSA) is 89.3 Å². The smallest absolute Gasteiger partial charge is 0.315 e. The molecule has 1 aromatic heterocycles. The van der Waals surface area contributed by atoms with Crippen LogP contribution in [0.3, 0.4) is 0 Å². The Bertz CT molecular complexity index is 441. The van der Waals surface area contributed by atoms with Gasteiger partial charge in [-0.25, -0.2) is 4.79 Å². The van der Waals surface area contributed by atoms with Crippen LogP contribution in [0, 0.1) is 6.92 Å². The molecule has 1 heterocycles. The fourth-order valence-corrected chi connectivity index (χ4v) is 2.57. The molecule has 0 aromatic carbocycles. The van der Waals surface area contributed by atoms with Crippen LogP contribution in [0.2, 0.25) is 0 Å². The molecule has 1 aliphatic rings. The molecule has 0 saturated heterocycles. The van der Waals surface area contributed by atoms with Gasteiger partial charge in [0, 0.05) is 13.7 Å². The summed E-state index contributed by atoms with van der Waals surface area (Å²) in [6.07, 6.45) is 4.90. The van der Waals surface area contributed by atoms with Crippen LogP contribution in [0.5, 0.6) is 0 Å². The second-order valence-corrected chi connectivity index (χ2v) is 5.16. The summed E-state index contributed by atoms with van der Waals surface area (Å²) < 4.78 is 10.2. The van der Waals surface area contributed by atoms with Gasteiger partial charge in [0.25, 0.3) is 5.89 Å². The number of methoxy groups -OCH3 is 1. The number of ether oxygens (including phenoxy) is 1. The van der Waals surface area contributed by atoms with Gasteiger partial charge in [0.15, 0.2) is 5.82 Å². The number of hydrogen-bond donors (Lipinski definition) is 2. The van der Waals surface area contributed by atoms with Gasteiger partial charge >= 0.3 is 6.03 Å². The van der Waals surface area contributed by atoms with Crippen molar-refractivity contribution in [1.29, 1.82) is 0 Å². The number of nitrogens with one attached hydrogen (secondary N) is 2. The van der Waals surface area contributed by atoms with Crippen molar-refractivity contribution in [2.24, 2.45) is 0 Å². The summed E-state index contributed by atoms with van der Waals surface area (Å²) in [5.74, 6) is 1.10. The Morgan fingerprint density at radius 1 is 1.40 bits per heavy atom. The van der Waals surface area contributed by atoms with Gasteiger partial charge in [-0.2, -0.15) is 4.98 Å². The summed E-state index contributed by atoms with van der Waals surface area (Å²) in [6, 6.07) is -0.222. The molecule has 1 fully saturated rings. The number of urea groups is 1. The second kappa shape index (κ2) is 6.69. The minimum absolute atomic E-state index is 0.222. The standard InChI is InChI=1S/C13H22N4O3/c1-10-15-11(20-17-10)13(6-4-3-5-7-13)16-12(18)14-8-9-19-2/h3-9H2,1-2H3,(H2,14,16,18). The van der Waals surface area contributed by atoms with Crippen LogP contribution in [0.4, 0.5) is 4.79 Å². The third kappa shape index (κ3) is 3.47. The fraction of sp³-hybridized carbons (Fsp3) is 0.769. The Labute approximate surface area is 118 Å². The molecular formula is C13H22N4O3. The lowest BCUT2D eigenvalue weighted by Gasteiger charge is -2.34. The van der Waals surface area contributed by atoms with Gasteiger partial charge in [-0.3, -0.25) is 0 Å². The molecule has 112 valence electrons. The average molecular weight is 282 g/mol. The highest BCUT2D eigenvalue weighted by atomic mass is 16.5. The zero-order chi connectivity index (χ0) is 14.4. The van der Waals surface area contributed by atoms with E-state index in [1.54, 1.807) is 14.0 Å². The first-order chi connectivity index (χ1) is 9.66. The Kier molecular flexibility index (Phi) is 4.94. The molecule has 2 N–H and O–H groups in total. The maximum Gasteiger partial charge on any atom is 0.315 e. The summed E-state index contributed by atoms with van der Waals surface area (Å²) in [4.78, 5) is 16.3. The van der Waals surface area contributed by atoms with Crippen LogP contribution in [0.25, 0.3) is 0 Å². The third-order valence-electron chi connectivity index (χ3n) is 3.59. The van der Waals surface area contributed by atoms with Crippen LogP contribution >= 0.6 is 0 Å². The lowest BCUT2D eigenvalue weighted by atomic mass is 9.81. The van der Waals surface area contributed by atoms with E-state index in [4.69, 9.17) is 9.26 Å². The van der Waals surface area contributed by atoms with E-state index in [1.165, 1.54) is 6.42 Å². The average Bonchev–Trinajstić information content (AvgIpc) is 2.87. The predicted octanol–water partition coefficient (Wildman–Crippen LogP) is 1.48. The number of carbonyl (C=O) groups is 1. The minimum Gasteiger partial charge on any atom is -0.383 e. The Morgan fingerprint density at radius 2 is 2.15 bits per heavy atom. The molecule has 0 atom stereocenters. The molecule has 20 heavy (non-hydrogen) atoms. The van der Waals surface area contributed by atoms with Gasteiger partial charge in [0.05, 0.1) is 6.61 Å². The quantitative estimate of drug-likeness (QED) is 0.798. The van der Waals surface area contributed by atoms with Gasteiger partial charge in [-0.05, 0) is 19.8 Å². The zero-order valence-electron chi connectivity index (χ0n) is 12.1. The molecule has 1 saturated carbocycles. The molecule has 1 aliphatic carbocycles. The largest absolute Gasteiger partial charge is 0.383 e. The predicted molar refractivity (Wildman–Crippen MR) is 72.2 cm³/mol. The lowest BCUT2D eigenvalue weighted by molar-refractivity contribution is 0.163. The zero-order valence-corrected chi connectivity index (χ0v) is 12.1. The van der Waals surface area contributed by atoms with E-state index in [9.17, 15) is 4.79 Å². The number of nitrogens with zero attached hydrogens (tertiary/aromatic N) is 2. The number of aromatic nitrogens is 2. The van der Waals surface area contributed by atoms with Gasteiger partial charge in [0.1, 0.15) is 5.54 Å². The van der Waals surface area contributed by atoms with Crippen molar-refractivity contribution in [1.82, 2.24) is 20.8 Å². The van der Waals surface area contributed by atoms with Gasteiger partial charge < -0.3 is 19.9 Å². The van der Waals surface area contributed by atoms with Crippen molar-refractivity contribution in [2.75, 3.05) is 20.3 Å². The van der Waals surface area contributed by atoms with Crippen LogP contribution < -0.4 is 10.6 Å². The van der Waals surface area contributed by atoms with E-state index in [0.29, 0.717) is 24.9 Å². The molecule has 0 radical (unpaired) electrons. The van der Waals surface area contributed by atoms with Crippen LogP contribution in [-0.2, 0) is 10.3 Å². The van der Waals surface area contributed by atoms with Crippen LogP contribution in [0.1, 0.15) is 43.8 Å². The highest BCUT2D eigenvalue weighted by Crippen LogP contribution is 2.36. The van der Waals surface area contributed by atoms with Crippen molar-refractivity contribution >= 4 is 6.03 Å². The summed E-state index contributed by atoms with van der Waals surface area (Å²) >= 11 is 0. The molecular weight excluding hydrogens is 260 g/mol. The molecule has 7 nitrogen and oxygen atoms in total. The maximum atomic E-state index is 12.0. The number of hydrogen-bond acceptors (Lipinski definition) is 5. The van der Waals surface area contributed by atoms with Crippen molar-refractivity contribution in [2.45, 2.75) is 44.6 Å². The SMILES string of the molecule is COCCNC(=O)NC1(c2nc(C)no2)CCCCC1. The van der Waals surface area contributed by atoms with E-state index in [2.05, 4.69) is 20.8 Å². The molecule has 0 aliphatic heterocycles. The van der Waals surface area contributed by atoms with Gasteiger partial charge in [-0.15, -0.1) is 0 Å². The minimum atomic E-state index is -0.531. The Hall–Kier alpha value is -1.63. The van der Waals surface area contributed by atoms with E-state index in [-0.39, 0.29) is 6.03 Å². The molecule has 1 aromatic rings. The number of rotatable bonds is 5. The molecule has 2 amide bonds. The molecule has 0 spiro atoms. The second-order valence-electron chi connectivity index (χ2n) is 5.16. The molecule has 0 unspecified atom stereocenters. The summed E-state index contributed by atoms with van der Waals surface area (Å²) in [5.41, 5.74) is -0.531. The van der Waals surface area contributed by atoms with Crippen molar-refractivity contribution in [3.63, 3.8) is 0 Å². The summed E-state index contributed by atoms with van der Waals surface area (Å²) in [7, 11) is 1.60. The highest BCUT2D eigenvalue weighted by Gasteiger charge is 2.40. The van der Waals surface area contributed by atoms with Crippen molar-refractivity contribution in [3.05, 3.63) is 11.7 Å². The molecule has 0 bridgehead atoms. The first kappa shape index (κ1) is 14.8. The van der Waals surface area contributed by atoms with Crippen LogP contribution in [-0.4, -0.2) is 36.4 Å². The number of aryl methyl sites for hydroxylation is 1. The van der Waals surface area contributed by atoms with Crippen LogP contribution in [0.15, 0.2) is 4.52 Å². The first-order valence-electron chi connectivity index (χ1n) is 7.02. The Balaban J connectivity index is 2.05. The molecule has 2 rings (SSSR count). The fourth-order valence-electron chi connectivity index (χ4n) is 2.57. The maximum absolute atomic E-state index is 12.0. The number of amides is 2. The van der Waals surface area contributed by atoms with Gasteiger partial charge in [-0.1, -0.05) is 24.4 Å². The summed E-state index contributed by atoms with van der Waals surface area (Å²) in [5, 5.41) is 9.63. The van der Waals surface area contributed by atoms with E-state index in [0.717, 1.165) is 25.7 Å². The normalized spacial score (nSPS) is 17.7.